The van der Waals surface area contributed by atoms with Crippen LogP contribution in [0.15, 0.2) is 42.6 Å². The highest BCUT2D eigenvalue weighted by Crippen LogP contribution is 2.26. The summed E-state index contributed by atoms with van der Waals surface area (Å²) in [5.74, 6) is 0.840. The Bertz CT molecular complexity index is 1030. The quantitative estimate of drug-likeness (QED) is 0.586. The molecule has 0 saturated carbocycles. The molecule has 0 bridgehead atoms. The first-order chi connectivity index (χ1) is 11.6. The molecule has 0 aliphatic rings. The third-order valence-electron chi connectivity index (χ3n) is 4.32. The van der Waals surface area contributed by atoms with E-state index < -0.39 is 0 Å². The molecule has 2 aromatic carbocycles. The van der Waals surface area contributed by atoms with Gasteiger partial charge in [-0.05, 0) is 43.9 Å². The van der Waals surface area contributed by atoms with Crippen LogP contribution < -0.4 is 5.32 Å². The maximum absolute atomic E-state index is 4.85. The Kier molecular flexibility index (Phi) is 3.58. The van der Waals surface area contributed by atoms with Crippen molar-refractivity contribution in [3.63, 3.8) is 0 Å². The Balaban J connectivity index is 1.93. The Morgan fingerprint density at radius 3 is 2.62 bits per heavy atom. The van der Waals surface area contributed by atoms with E-state index >= 15 is 0 Å². The zero-order valence-electron chi connectivity index (χ0n) is 14.2. The molecule has 0 aliphatic heterocycles. The number of hydrogen-bond acceptors (Lipinski definition) is 4. The molecule has 0 radical (unpaired) electrons. The van der Waals surface area contributed by atoms with E-state index in [4.69, 9.17) is 4.98 Å². The average molecular weight is 319 g/mol. The normalized spacial score (nSPS) is 11.8. The predicted molar refractivity (Wildman–Crippen MR) is 99.8 cm³/mol. The molecule has 24 heavy (non-hydrogen) atoms. The van der Waals surface area contributed by atoms with E-state index in [-0.39, 0.29) is 0 Å². The van der Waals surface area contributed by atoms with Gasteiger partial charge in [-0.2, -0.15) is 0 Å². The monoisotopic (exact) mass is 319 g/mol. The largest absolute Gasteiger partial charge is 0.366 e. The molecule has 0 amide bonds. The lowest BCUT2D eigenvalue weighted by Crippen LogP contribution is -2.21. The van der Waals surface area contributed by atoms with E-state index in [0.29, 0.717) is 0 Å². The molecule has 122 valence electrons. The van der Waals surface area contributed by atoms with Crippen LogP contribution in [0, 0.1) is 6.92 Å². The van der Waals surface area contributed by atoms with Crippen LogP contribution in [-0.4, -0.2) is 46.5 Å². The van der Waals surface area contributed by atoms with E-state index in [1.54, 1.807) is 0 Å². The first-order valence-corrected chi connectivity index (χ1v) is 8.18. The van der Waals surface area contributed by atoms with E-state index in [2.05, 4.69) is 77.0 Å². The number of nitrogens with one attached hydrogen (secondary N) is 1. The zero-order chi connectivity index (χ0) is 16.7. The second-order valence-electron chi connectivity index (χ2n) is 6.44. The lowest BCUT2D eigenvalue weighted by atomic mass is 10.1. The minimum atomic E-state index is 0.834. The van der Waals surface area contributed by atoms with Crippen LogP contribution in [0.2, 0.25) is 0 Å². The molecule has 2 aromatic heterocycles. The van der Waals surface area contributed by atoms with Crippen LogP contribution in [0.3, 0.4) is 0 Å². The number of hydrogen-bond donors (Lipinski definition) is 1. The molecule has 4 rings (SSSR count). The van der Waals surface area contributed by atoms with Gasteiger partial charge in [0.25, 0.3) is 0 Å². The van der Waals surface area contributed by atoms with Gasteiger partial charge in [0, 0.05) is 25.0 Å². The van der Waals surface area contributed by atoms with E-state index in [0.717, 1.165) is 41.3 Å². The number of rotatable bonds is 4. The zero-order valence-corrected chi connectivity index (χ0v) is 14.2. The van der Waals surface area contributed by atoms with Crippen LogP contribution in [-0.2, 0) is 0 Å². The van der Waals surface area contributed by atoms with E-state index in [9.17, 15) is 0 Å². The van der Waals surface area contributed by atoms with Gasteiger partial charge in [0.05, 0.1) is 11.0 Å². The summed E-state index contributed by atoms with van der Waals surface area (Å²) in [5.41, 5.74) is 4.07. The smallest absolute Gasteiger partial charge is 0.180 e. The van der Waals surface area contributed by atoms with Crippen LogP contribution in [0.25, 0.3) is 27.5 Å². The lowest BCUT2D eigenvalue weighted by Gasteiger charge is -2.13. The Morgan fingerprint density at radius 2 is 1.88 bits per heavy atom. The number of aromatic nitrogens is 3. The maximum atomic E-state index is 4.85. The third-order valence-corrected chi connectivity index (χ3v) is 4.32. The molecule has 4 aromatic rings. The predicted octanol–water partition coefficient (Wildman–Crippen LogP) is 3.32. The first kappa shape index (κ1) is 14.9. The van der Waals surface area contributed by atoms with Crippen molar-refractivity contribution >= 4 is 33.3 Å². The van der Waals surface area contributed by atoms with Crippen molar-refractivity contribution in [2.24, 2.45) is 0 Å². The van der Waals surface area contributed by atoms with Gasteiger partial charge < -0.3 is 10.2 Å². The summed E-state index contributed by atoms with van der Waals surface area (Å²) >= 11 is 0. The second kappa shape index (κ2) is 5.76. The summed E-state index contributed by atoms with van der Waals surface area (Å²) in [7, 11) is 4.13. The van der Waals surface area contributed by atoms with Gasteiger partial charge in [-0.1, -0.05) is 24.3 Å². The number of anilines is 1. The van der Waals surface area contributed by atoms with Crippen molar-refractivity contribution in [1.82, 2.24) is 19.3 Å². The van der Waals surface area contributed by atoms with Crippen LogP contribution in [0.4, 0.5) is 5.82 Å². The summed E-state index contributed by atoms with van der Waals surface area (Å²) in [6.45, 7) is 3.86. The van der Waals surface area contributed by atoms with Crippen LogP contribution in [0.1, 0.15) is 5.69 Å². The highest BCUT2D eigenvalue weighted by molar-refractivity contribution is 5.97. The van der Waals surface area contributed by atoms with Crippen molar-refractivity contribution in [3.8, 4) is 0 Å². The summed E-state index contributed by atoms with van der Waals surface area (Å²) in [6, 6.07) is 12.7. The minimum Gasteiger partial charge on any atom is -0.366 e. The Labute approximate surface area is 140 Å². The van der Waals surface area contributed by atoms with Crippen molar-refractivity contribution in [2.75, 3.05) is 32.5 Å². The molecular formula is C19H21N5. The molecule has 0 unspecified atom stereocenters. The first-order valence-electron chi connectivity index (χ1n) is 8.18. The van der Waals surface area contributed by atoms with Crippen molar-refractivity contribution < 1.29 is 0 Å². The number of nitrogens with zero attached hydrogens (tertiary/aromatic N) is 4. The number of fused-ring (bicyclic) bond motifs is 4. The molecular weight excluding hydrogens is 298 g/mol. The molecule has 0 fully saturated rings. The van der Waals surface area contributed by atoms with Crippen LogP contribution in [0.5, 0.6) is 0 Å². The Morgan fingerprint density at radius 1 is 1.12 bits per heavy atom. The molecule has 0 atom stereocenters. The van der Waals surface area contributed by atoms with Gasteiger partial charge in [-0.25, -0.2) is 9.97 Å². The van der Waals surface area contributed by atoms with Crippen LogP contribution >= 0.6 is 0 Å². The topological polar surface area (TPSA) is 45.5 Å². The van der Waals surface area contributed by atoms with Crippen molar-refractivity contribution in [1.29, 1.82) is 0 Å². The summed E-state index contributed by atoms with van der Waals surface area (Å²) in [4.78, 5) is 11.6. The molecule has 2 heterocycles. The molecule has 0 saturated heterocycles. The number of likely N-dealkylation sites (N-methyl/N-ethyl adjacent to an activating group) is 1. The number of imidazole rings is 1. The molecule has 1 N–H and O–H groups in total. The fourth-order valence-corrected chi connectivity index (χ4v) is 3.08. The fraction of sp³-hybridized carbons (Fsp3) is 0.263. The minimum absolute atomic E-state index is 0.834. The van der Waals surface area contributed by atoms with Gasteiger partial charge in [-0.15, -0.1) is 0 Å². The highest BCUT2D eigenvalue weighted by Gasteiger charge is 2.12. The van der Waals surface area contributed by atoms with Gasteiger partial charge in [-0.3, -0.25) is 4.40 Å². The lowest BCUT2D eigenvalue weighted by molar-refractivity contribution is 0.425. The second-order valence-corrected chi connectivity index (χ2v) is 6.44. The van der Waals surface area contributed by atoms with E-state index in [1.165, 1.54) is 10.8 Å². The van der Waals surface area contributed by atoms with Crippen molar-refractivity contribution in [3.05, 3.63) is 48.3 Å². The summed E-state index contributed by atoms with van der Waals surface area (Å²) in [6.07, 6.45) is 1.91. The van der Waals surface area contributed by atoms with E-state index in [1.807, 2.05) is 6.20 Å². The fourth-order valence-electron chi connectivity index (χ4n) is 3.08. The molecule has 5 heteroatoms. The van der Waals surface area contributed by atoms with Crippen molar-refractivity contribution in [2.45, 2.75) is 6.92 Å². The van der Waals surface area contributed by atoms with Gasteiger partial charge in [0.15, 0.2) is 11.5 Å². The Hall–Kier alpha value is -2.66. The SMILES string of the molecule is Cc1cnc2c(NCCN(C)C)nc3cc4ccccc4cc3n12. The number of aryl methyl sites for hydroxylation is 1. The number of benzene rings is 2. The van der Waals surface area contributed by atoms with Gasteiger partial charge >= 0.3 is 0 Å². The standard InChI is InChI=1S/C19H21N5/c1-13-12-21-19-18(20-8-9-23(2)3)22-16-10-14-6-4-5-7-15(14)11-17(16)24(13)19/h4-7,10-12H,8-9H2,1-3H3,(H,20,22). The third kappa shape index (κ3) is 2.47. The van der Waals surface area contributed by atoms with Gasteiger partial charge in [0.2, 0.25) is 0 Å². The average Bonchev–Trinajstić information content (AvgIpc) is 2.95. The summed E-state index contributed by atoms with van der Waals surface area (Å²) < 4.78 is 2.19. The molecule has 0 aliphatic carbocycles. The highest BCUT2D eigenvalue weighted by atomic mass is 15.1. The maximum Gasteiger partial charge on any atom is 0.180 e. The summed E-state index contributed by atoms with van der Waals surface area (Å²) in [5, 5.41) is 5.86. The molecule has 0 spiro atoms. The van der Waals surface area contributed by atoms with Gasteiger partial charge in [0.1, 0.15) is 0 Å². The molecule has 5 nitrogen and oxygen atoms in total.